The third-order valence-corrected chi connectivity index (χ3v) is 5.19. The van der Waals surface area contributed by atoms with Gasteiger partial charge in [0.15, 0.2) is 5.75 Å². The lowest BCUT2D eigenvalue weighted by molar-refractivity contribution is -0.117. The number of amides is 1. The Balaban J connectivity index is 1.88. The van der Waals surface area contributed by atoms with E-state index in [1.807, 2.05) is 48.5 Å². The van der Waals surface area contributed by atoms with E-state index in [0.717, 1.165) is 17.4 Å². The highest BCUT2D eigenvalue weighted by Crippen LogP contribution is 2.46. The predicted octanol–water partition coefficient (Wildman–Crippen LogP) is 3.12. The van der Waals surface area contributed by atoms with Gasteiger partial charge in [-0.2, -0.15) is 5.26 Å². The second kappa shape index (κ2) is 6.17. The number of likely N-dealkylation sites (N-methyl/N-ethyl adjacent to an activating group) is 1. The standard InChI is InChI=1S/C19H14N4O2S/c1-22-13-9-5-6-10-14(13)25-16(18(22)24)19-23(12-7-3-2-4-8-12)17(21)15(11-20)26-19/h2-10H,21H2,1H3/b19-16-. The van der Waals surface area contributed by atoms with Crippen LogP contribution in [0.5, 0.6) is 5.75 Å². The van der Waals surface area contributed by atoms with Crippen LogP contribution < -0.4 is 20.3 Å². The fraction of sp³-hybridized carbons (Fsp3) is 0.0526. The minimum absolute atomic E-state index is 0.147. The molecule has 0 fully saturated rings. The molecule has 7 heteroatoms. The Kier molecular flexibility index (Phi) is 3.82. The molecule has 2 aromatic carbocycles. The minimum atomic E-state index is -0.292. The van der Waals surface area contributed by atoms with E-state index in [4.69, 9.17) is 10.5 Å². The Bertz CT molecular complexity index is 1010. The number of ether oxygens (including phenoxy) is 1. The molecule has 1 amide bonds. The van der Waals surface area contributed by atoms with Crippen LogP contribution in [0.15, 0.2) is 76.1 Å². The summed E-state index contributed by atoms with van der Waals surface area (Å²) in [5.74, 6) is 0.714. The number of anilines is 2. The second-order valence-corrected chi connectivity index (χ2v) is 6.67. The molecule has 0 unspecified atom stereocenters. The Labute approximate surface area is 154 Å². The molecule has 0 radical (unpaired) electrons. The molecule has 6 nitrogen and oxygen atoms in total. The fourth-order valence-electron chi connectivity index (χ4n) is 2.84. The number of nitrogens with two attached hydrogens (primary N) is 1. The number of para-hydroxylation sites is 3. The Morgan fingerprint density at radius 2 is 1.81 bits per heavy atom. The number of allylic oxidation sites excluding steroid dienone is 1. The molecule has 0 saturated carbocycles. The summed E-state index contributed by atoms with van der Waals surface area (Å²) in [5.41, 5.74) is 7.63. The molecule has 4 rings (SSSR count). The Morgan fingerprint density at radius 1 is 1.12 bits per heavy atom. The minimum Gasteiger partial charge on any atom is -0.447 e. The van der Waals surface area contributed by atoms with Gasteiger partial charge in [0.25, 0.3) is 5.91 Å². The highest BCUT2D eigenvalue weighted by molar-refractivity contribution is 8.07. The molecule has 0 bridgehead atoms. The van der Waals surface area contributed by atoms with Crippen molar-refractivity contribution in [2.75, 3.05) is 16.8 Å². The van der Waals surface area contributed by atoms with Gasteiger partial charge in [-0.25, -0.2) is 0 Å². The van der Waals surface area contributed by atoms with E-state index < -0.39 is 0 Å². The van der Waals surface area contributed by atoms with Crippen LogP contribution in [0, 0.1) is 11.3 Å². The van der Waals surface area contributed by atoms with Crippen molar-refractivity contribution in [3.63, 3.8) is 0 Å². The van der Waals surface area contributed by atoms with Gasteiger partial charge >= 0.3 is 0 Å². The SMILES string of the molecule is CN1C(=O)/C(=C2/SC(C#N)=C(N)N2c2ccccc2)Oc2ccccc21. The van der Waals surface area contributed by atoms with Gasteiger partial charge in [0.1, 0.15) is 21.8 Å². The number of fused-ring (bicyclic) bond motifs is 1. The first kappa shape index (κ1) is 16.1. The van der Waals surface area contributed by atoms with E-state index in [2.05, 4.69) is 6.07 Å². The monoisotopic (exact) mass is 362 g/mol. The van der Waals surface area contributed by atoms with Crippen molar-refractivity contribution in [3.8, 4) is 11.8 Å². The van der Waals surface area contributed by atoms with Crippen LogP contribution in [0.2, 0.25) is 0 Å². The van der Waals surface area contributed by atoms with Gasteiger partial charge in [0.05, 0.1) is 5.69 Å². The molecular weight excluding hydrogens is 348 g/mol. The lowest BCUT2D eigenvalue weighted by Crippen LogP contribution is -2.36. The van der Waals surface area contributed by atoms with Gasteiger partial charge in [-0.15, -0.1) is 0 Å². The molecule has 2 N–H and O–H groups in total. The van der Waals surface area contributed by atoms with E-state index in [9.17, 15) is 10.1 Å². The van der Waals surface area contributed by atoms with E-state index >= 15 is 0 Å². The van der Waals surface area contributed by atoms with Crippen molar-refractivity contribution in [2.45, 2.75) is 0 Å². The summed E-state index contributed by atoms with van der Waals surface area (Å²) in [6.45, 7) is 0. The van der Waals surface area contributed by atoms with Crippen molar-refractivity contribution in [1.29, 1.82) is 5.26 Å². The largest absolute Gasteiger partial charge is 0.447 e. The summed E-state index contributed by atoms with van der Waals surface area (Å²) in [6, 6.07) is 18.7. The molecule has 2 aliphatic rings. The number of thioether (sulfide) groups is 1. The number of hydrogen-bond donors (Lipinski definition) is 1. The molecular formula is C19H14N4O2S. The summed E-state index contributed by atoms with van der Waals surface area (Å²) in [7, 11) is 1.69. The van der Waals surface area contributed by atoms with Crippen LogP contribution in [0.1, 0.15) is 0 Å². The topological polar surface area (TPSA) is 82.6 Å². The normalized spacial score (nSPS) is 19.3. The van der Waals surface area contributed by atoms with Gasteiger partial charge in [-0.1, -0.05) is 42.1 Å². The smallest absolute Gasteiger partial charge is 0.296 e. The van der Waals surface area contributed by atoms with Crippen LogP contribution >= 0.6 is 11.8 Å². The van der Waals surface area contributed by atoms with Gasteiger partial charge in [0, 0.05) is 12.7 Å². The average Bonchev–Trinajstić information content (AvgIpc) is 3.01. The number of rotatable bonds is 1. The lowest BCUT2D eigenvalue weighted by atomic mass is 10.2. The highest BCUT2D eigenvalue weighted by Gasteiger charge is 2.38. The average molecular weight is 362 g/mol. The summed E-state index contributed by atoms with van der Waals surface area (Å²) in [4.78, 5) is 16.5. The first-order valence-electron chi connectivity index (χ1n) is 7.84. The van der Waals surface area contributed by atoms with Crippen molar-refractivity contribution in [3.05, 3.63) is 76.1 Å². The fourth-order valence-corrected chi connectivity index (χ4v) is 3.79. The molecule has 26 heavy (non-hydrogen) atoms. The molecule has 0 saturated heterocycles. The zero-order valence-corrected chi connectivity index (χ0v) is 14.7. The van der Waals surface area contributed by atoms with E-state index in [-0.39, 0.29) is 17.5 Å². The van der Waals surface area contributed by atoms with Gasteiger partial charge in [-0.05, 0) is 24.3 Å². The van der Waals surface area contributed by atoms with Crippen LogP contribution in [0.3, 0.4) is 0 Å². The molecule has 2 heterocycles. The van der Waals surface area contributed by atoms with Crippen LogP contribution in [-0.2, 0) is 4.79 Å². The maximum atomic E-state index is 12.9. The second-order valence-electron chi connectivity index (χ2n) is 5.67. The number of nitrogens with zero attached hydrogens (tertiary/aromatic N) is 3. The first-order chi connectivity index (χ1) is 12.6. The summed E-state index contributed by atoms with van der Waals surface area (Å²) in [5, 5.41) is 9.88. The Hall–Kier alpha value is -3.37. The lowest BCUT2D eigenvalue weighted by Gasteiger charge is -2.30. The third-order valence-electron chi connectivity index (χ3n) is 4.12. The summed E-state index contributed by atoms with van der Waals surface area (Å²) in [6.07, 6.45) is 0. The van der Waals surface area contributed by atoms with Crippen LogP contribution in [0.25, 0.3) is 0 Å². The first-order valence-corrected chi connectivity index (χ1v) is 8.65. The highest BCUT2D eigenvalue weighted by atomic mass is 32.2. The van der Waals surface area contributed by atoms with E-state index in [1.54, 1.807) is 18.0 Å². The van der Waals surface area contributed by atoms with Gasteiger partial charge < -0.3 is 15.4 Å². The predicted molar refractivity (Wildman–Crippen MR) is 101 cm³/mol. The number of carbonyl (C=O) groups excluding carboxylic acids is 1. The molecule has 0 aromatic heterocycles. The summed E-state index contributed by atoms with van der Waals surface area (Å²) < 4.78 is 5.93. The number of benzene rings is 2. The molecule has 128 valence electrons. The molecule has 2 aliphatic heterocycles. The van der Waals surface area contributed by atoms with Crippen LogP contribution in [0.4, 0.5) is 11.4 Å². The van der Waals surface area contributed by atoms with Gasteiger partial charge in [-0.3, -0.25) is 9.69 Å². The van der Waals surface area contributed by atoms with Gasteiger partial charge in [0.2, 0.25) is 5.76 Å². The van der Waals surface area contributed by atoms with E-state index in [1.165, 1.54) is 4.90 Å². The molecule has 0 atom stereocenters. The zero-order valence-electron chi connectivity index (χ0n) is 13.8. The number of carbonyl (C=O) groups is 1. The number of nitriles is 1. The quantitative estimate of drug-likeness (QED) is 0.785. The van der Waals surface area contributed by atoms with E-state index in [0.29, 0.717) is 21.4 Å². The molecule has 0 aliphatic carbocycles. The van der Waals surface area contributed by atoms with Crippen molar-refractivity contribution in [2.24, 2.45) is 5.73 Å². The van der Waals surface area contributed by atoms with Crippen molar-refractivity contribution in [1.82, 2.24) is 0 Å². The maximum absolute atomic E-state index is 12.9. The van der Waals surface area contributed by atoms with Crippen LogP contribution in [-0.4, -0.2) is 13.0 Å². The Morgan fingerprint density at radius 3 is 2.54 bits per heavy atom. The molecule has 0 spiro atoms. The summed E-state index contributed by atoms with van der Waals surface area (Å²) >= 11 is 1.14. The third kappa shape index (κ3) is 2.39. The maximum Gasteiger partial charge on any atom is 0.296 e. The number of hydrogen-bond acceptors (Lipinski definition) is 6. The zero-order chi connectivity index (χ0) is 18.3. The molecule has 2 aromatic rings. The van der Waals surface area contributed by atoms with Crippen molar-refractivity contribution >= 4 is 29.0 Å². The van der Waals surface area contributed by atoms with Crippen molar-refractivity contribution < 1.29 is 9.53 Å².